The molecule has 0 atom stereocenters. The topological polar surface area (TPSA) is 62.3 Å². The summed E-state index contributed by atoms with van der Waals surface area (Å²) in [4.78, 5) is 0. The number of hydrogen-bond donors (Lipinski definition) is 0. The third kappa shape index (κ3) is 3.77. The van der Waals surface area contributed by atoms with Gasteiger partial charge in [-0.1, -0.05) is 23.4 Å². The predicted octanol–water partition coefficient (Wildman–Crippen LogP) is 4.03. The Hall–Kier alpha value is -2.12. The summed E-state index contributed by atoms with van der Waals surface area (Å²) < 4.78 is 18.7. The van der Waals surface area contributed by atoms with E-state index in [1.54, 1.807) is 24.4 Å². The number of thioether (sulfide) groups is 1. The van der Waals surface area contributed by atoms with Gasteiger partial charge in [-0.3, -0.25) is 0 Å². The van der Waals surface area contributed by atoms with E-state index in [0.29, 0.717) is 42.0 Å². The van der Waals surface area contributed by atoms with E-state index in [1.165, 1.54) is 0 Å². The summed E-state index contributed by atoms with van der Waals surface area (Å²) in [6, 6.07) is 7.69. The highest BCUT2D eigenvalue weighted by Gasteiger charge is 2.16. The van der Waals surface area contributed by atoms with Crippen LogP contribution >= 0.6 is 23.4 Å². The number of benzene rings is 1. The summed E-state index contributed by atoms with van der Waals surface area (Å²) in [5.74, 6) is 2.90. The van der Waals surface area contributed by atoms with Crippen LogP contribution < -0.4 is 9.47 Å². The lowest BCUT2D eigenvalue weighted by Crippen LogP contribution is -1.99. The highest BCUT2D eigenvalue weighted by atomic mass is 35.5. The molecule has 1 aromatic carbocycles. The Morgan fingerprint density at radius 3 is 3.04 bits per heavy atom. The SMILES string of the molecule is Clc1cc(CSc2nncn2Cc2ccco2)cc2c1OCCCO2. The Kier molecular flexibility index (Phi) is 4.85. The molecule has 6 nitrogen and oxygen atoms in total. The van der Waals surface area contributed by atoms with Gasteiger partial charge in [-0.15, -0.1) is 10.2 Å². The maximum absolute atomic E-state index is 6.35. The molecular weight excluding hydrogens is 362 g/mol. The molecule has 0 unspecified atom stereocenters. The molecule has 0 fully saturated rings. The summed E-state index contributed by atoms with van der Waals surface area (Å²) in [7, 11) is 0. The van der Waals surface area contributed by atoms with Crippen LogP contribution in [0.3, 0.4) is 0 Å². The van der Waals surface area contributed by atoms with Gasteiger partial charge in [-0.2, -0.15) is 0 Å². The second-order valence-corrected chi connectivity index (χ2v) is 6.91. The van der Waals surface area contributed by atoms with E-state index in [4.69, 9.17) is 25.5 Å². The molecule has 0 amide bonds. The molecule has 3 heterocycles. The van der Waals surface area contributed by atoms with Crippen molar-refractivity contribution in [2.24, 2.45) is 0 Å². The maximum atomic E-state index is 6.35. The summed E-state index contributed by atoms with van der Waals surface area (Å²) in [6.07, 6.45) is 4.21. The smallest absolute Gasteiger partial charge is 0.191 e. The molecule has 4 rings (SSSR count). The Balaban J connectivity index is 1.48. The summed E-state index contributed by atoms with van der Waals surface area (Å²) in [5.41, 5.74) is 1.05. The van der Waals surface area contributed by atoms with Crippen molar-refractivity contribution in [2.75, 3.05) is 13.2 Å². The fourth-order valence-electron chi connectivity index (χ4n) is 2.55. The molecular formula is C17H16ClN3O3S. The number of fused-ring (bicyclic) bond motifs is 1. The van der Waals surface area contributed by atoms with Crippen molar-refractivity contribution in [1.29, 1.82) is 0 Å². The second kappa shape index (κ2) is 7.41. The van der Waals surface area contributed by atoms with Crippen molar-refractivity contribution in [3.05, 3.63) is 53.2 Å². The molecule has 1 aliphatic heterocycles. The van der Waals surface area contributed by atoms with Crippen LogP contribution in [0.2, 0.25) is 5.02 Å². The monoisotopic (exact) mass is 377 g/mol. The number of halogens is 1. The Labute approximate surface area is 154 Å². The van der Waals surface area contributed by atoms with Crippen molar-refractivity contribution in [2.45, 2.75) is 23.9 Å². The minimum Gasteiger partial charge on any atom is -0.489 e. The van der Waals surface area contributed by atoms with Crippen molar-refractivity contribution >= 4 is 23.4 Å². The number of aromatic nitrogens is 3. The lowest BCUT2D eigenvalue weighted by atomic mass is 10.2. The molecule has 3 aromatic rings. The average molecular weight is 378 g/mol. The molecule has 0 radical (unpaired) electrons. The fraction of sp³-hybridized carbons (Fsp3) is 0.294. The van der Waals surface area contributed by atoms with Gasteiger partial charge >= 0.3 is 0 Å². The molecule has 0 N–H and O–H groups in total. The summed E-state index contributed by atoms with van der Waals surface area (Å²) in [6.45, 7) is 1.86. The van der Waals surface area contributed by atoms with Crippen LogP contribution in [0.1, 0.15) is 17.7 Å². The zero-order valence-corrected chi connectivity index (χ0v) is 14.9. The van der Waals surface area contributed by atoms with Gasteiger partial charge < -0.3 is 18.5 Å². The highest BCUT2D eigenvalue weighted by Crippen LogP contribution is 2.39. The third-order valence-electron chi connectivity index (χ3n) is 3.72. The highest BCUT2D eigenvalue weighted by molar-refractivity contribution is 7.98. The normalized spacial score (nSPS) is 13.6. The van der Waals surface area contributed by atoms with Crippen molar-refractivity contribution in [3.63, 3.8) is 0 Å². The van der Waals surface area contributed by atoms with Crippen molar-refractivity contribution in [1.82, 2.24) is 14.8 Å². The van der Waals surface area contributed by atoms with Gasteiger partial charge in [-0.25, -0.2) is 0 Å². The van der Waals surface area contributed by atoms with Gasteiger partial charge in [0, 0.05) is 12.2 Å². The third-order valence-corrected chi connectivity index (χ3v) is 5.05. The molecule has 1 aliphatic rings. The van der Waals surface area contributed by atoms with Gasteiger partial charge in [0.25, 0.3) is 0 Å². The summed E-state index contributed by atoms with van der Waals surface area (Å²) in [5, 5.41) is 9.57. The molecule has 8 heteroatoms. The first-order valence-corrected chi connectivity index (χ1v) is 9.27. The van der Waals surface area contributed by atoms with Crippen LogP contribution in [0, 0.1) is 0 Å². The lowest BCUT2D eigenvalue weighted by Gasteiger charge is -2.11. The first kappa shape index (κ1) is 16.4. The fourth-order valence-corrected chi connectivity index (χ4v) is 3.68. The minimum absolute atomic E-state index is 0.576. The molecule has 130 valence electrons. The quantitative estimate of drug-likeness (QED) is 0.625. The molecule has 0 spiro atoms. The Bertz CT molecular complexity index is 851. The number of hydrogen-bond acceptors (Lipinski definition) is 6. The Morgan fingerprint density at radius 2 is 2.16 bits per heavy atom. The summed E-state index contributed by atoms with van der Waals surface area (Å²) >= 11 is 7.93. The Morgan fingerprint density at radius 1 is 1.24 bits per heavy atom. The van der Waals surface area contributed by atoms with Crippen LogP contribution in [0.4, 0.5) is 0 Å². The molecule has 0 bridgehead atoms. The average Bonchev–Trinajstić information content (AvgIpc) is 3.21. The van der Waals surface area contributed by atoms with Crippen LogP contribution in [-0.4, -0.2) is 28.0 Å². The largest absolute Gasteiger partial charge is 0.489 e. The van der Waals surface area contributed by atoms with E-state index in [2.05, 4.69) is 10.2 Å². The van der Waals surface area contributed by atoms with Crippen LogP contribution in [0.15, 0.2) is 46.4 Å². The first-order chi connectivity index (χ1) is 12.3. The van der Waals surface area contributed by atoms with Crippen molar-refractivity contribution < 1.29 is 13.9 Å². The minimum atomic E-state index is 0.576. The van der Waals surface area contributed by atoms with Gasteiger partial charge in [0.2, 0.25) is 0 Å². The predicted molar refractivity (Wildman–Crippen MR) is 94.5 cm³/mol. The molecule has 25 heavy (non-hydrogen) atoms. The molecule has 2 aromatic heterocycles. The van der Waals surface area contributed by atoms with E-state index in [9.17, 15) is 0 Å². The van der Waals surface area contributed by atoms with Gasteiger partial charge in [-0.05, 0) is 29.8 Å². The van der Waals surface area contributed by atoms with E-state index in [-0.39, 0.29) is 0 Å². The van der Waals surface area contributed by atoms with E-state index in [0.717, 1.165) is 22.9 Å². The number of rotatable bonds is 5. The maximum Gasteiger partial charge on any atom is 0.191 e. The van der Waals surface area contributed by atoms with E-state index in [1.807, 2.05) is 28.8 Å². The zero-order chi connectivity index (χ0) is 17.1. The van der Waals surface area contributed by atoms with Crippen LogP contribution in [-0.2, 0) is 12.3 Å². The number of nitrogens with zero attached hydrogens (tertiary/aromatic N) is 3. The molecule has 0 saturated heterocycles. The first-order valence-electron chi connectivity index (χ1n) is 7.90. The standard InChI is InChI=1S/C17H16ClN3O3S/c18-14-7-12(8-15-16(14)24-6-2-5-23-15)10-25-17-20-19-11-21(17)9-13-3-1-4-22-13/h1,3-4,7-8,11H,2,5-6,9-10H2. The number of ether oxygens (including phenoxy) is 2. The van der Waals surface area contributed by atoms with Gasteiger partial charge in [0.1, 0.15) is 12.1 Å². The van der Waals surface area contributed by atoms with Gasteiger partial charge in [0.15, 0.2) is 16.7 Å². The molecule has 0 saturated carbocycles. The molecule has 0 aliphatic carbocycles. The second-order valence-electron chi connectivity index (χ2n) is 5.56. The van der Waals surface area contributed by atoms with E-state index < -0.39 is 0 Å². The van der Waals surface area contributed by atoms with Crippen molar-refractivity contribution in [3.8, 4) is 11.5 Å². The zero-order valence-electron chi connectivity index (χ0n) is 13.4. The lowest BCUT2D eigenvalue weighted by molar-refractivity contribution is 0.297. The number of furan rings is 1. The van der Waals surface area contributed by atoms with Crippen LogP contribution in [0.5, 0.6) is 11.5 Å². The van der Waals surface area contributed by atoms with E-state index >= 15 is 0 Å². The van der Waals surface area contributed by atoms with Crippen LogP contribution in [0.25, 0.3) is 0 Å². The van der Waals surface area contributed by atoms with Gasteiger partial charge in [0.05, 0.1) is 31.0 Å².